The number of aromatic hydroxyl groups is 2. The topological polar surface area (TPSA) is 52.5 Å². The van der Waals surface area contributed by atoms with Gasteiger partial charge < -0.3 is 15.5 Å². The Hall–Kier alpha value is -1.75. The summed E-state index contributed by atoms with van der Waals surface area (Å²) < 4.78 is 14.0. The zero-order valence-electron chi connectivity index (χ0n) is 9.32. The molecule has 0 aliphatic carbocycles. The van der Waals surface area contributed by atoms with Crippen molar-refractivity contribution in [2.45, 2.75) is 6.54 Å². The first-order valence-corrected chi connectivity index (χ1v) is 6.05. The molecule has 2 aromatic rings. The summed E-state index contributed by atoms with van der Waals surface area (Å²) in [5.41, 5.74) is 1.22. The van der Waals surface area contributed by atoms with E-state index < -0.39 is 5.82 Å². The van der Waals surface area contributed by atoms with Gasteiger partial charge in [-0.3, -0.25) is 0 Å². The van der Waals surface area contributed by atoms with Gasteiger partial charge in [0.15, 0.2) is 11.6 Å². The summed E-state index contributed by atoms with van der Waals surface area (Å²) in [4.78, 5) is 0. The van der Waals surface area contributed by atoms with E-state index in [1.165, 1.54) is 12.1 Å². The molecule has 0 amide bonds. The molecule has 0 aliphatic heterocycles. The number of rotatable bonds is 3. The van der Waals surface area contributed by atoms with Gasteiger partial charge in [-0.1, -0.05) is 15.9 Å². The van der Waals surface area contributed by atoms with Crippen LogP contribution in [0.4, 0.5) is 10.1 Å². The standard InChI is InChI=1S/C13H11BrFNO2/c14-9-1-3-12(17)8(5-9)7-16-10-2-4-13(18)11(15)6-10/h1-6,16-18H,7H2. The number of anilines is 1. The molecule has 0 unspecified atom stereocenters. The SMILES string of the molecule is Oc1ccc(NCc2cc(Br)ccc2O)cc1F. The van der Waals surface area contributed by atoms with Crippen molar-refractivity contribution in [3.8, 4) is 11.5 Å². The van der Waals surface area contributed by atoms with Gasteiger partial charge in [-0.25, -0.2) is 4.39 Å². The van der Waals surface area contributed by atoms with Crippen LogP contribution >= 0.6 is 15.9 Å². The lowest BCUT2D eigenvalue weighted by Crippen LogP contribution is -2.00. The third-order valence-corrected chi connectivity index (χ3v) is 2.97. The van der Waals surface area contributed by atoms with E-state index in [0.717, 1.165) is 4.47 Å². The number of phenols is 2. The van der Waals surface area contributed by atoms with Crippen molar-refractivity contribution in [1.82, 2.24) is 0 Å². The number of hydrogen-bond donors (Lipinski definition) is 3. The summed E-state index contributed by atoms with van der Waals surface area (Å²) in [5.74, 6) is -0.894. The van der Waals surface area contributed by atoms with Crippen LogP contribution in [0.5, 0.6) is 11.5 Å². The second-order valence-corrected chi connectivity index (χ2v) is 4.71. The number of halogens is 2. The molecule has 0 radical (unpaired) electrons. The van der Waals surface area contributed by atoms with Crippen LogP contribution < -0.4 is 5.32 Å². The molecule has 0 spiro atoms. The van der Waals surface area contributed by atoms with Crippen LogP contribution in [-0.4, -0.2) is 10.2 Å². The minimum absolute atomic E-state index is 0.171. The maximum absolute atomic E-state index is 13.1. The highest BCUT2D eigenvalue weighted by Gasteiger charge is 2.04. The van der Waals surface area contributed by atoms with Crippen molar-refractivity contribution in [3.63, 3.8) is 0 Å². The largest absolute Gasteiger partial charge is 0.508 e. The van der Waals surface area contributed by atoms with Crippen LogP contribution in [0.1, 0.15) is 5.56 Å². The minimum Gasteiger partial charge on any atom is -0.508 e. The van der Waals surface area contributed by atoms with Crippen molar-refractivity contribution < 1.29 is 14.6 Å². The lowest BCUT2D eigenvalue weighted by molar-refractivity contribution is 0.432. The number of hydrogen-bond acceptors (Lipinski definition) is 3. The molecule has 2 rings (SSSR count). The van der Waals surface area contributed by atoms with E-state index in [2.05, 4.69) is 21.2 Å². The second kappa shape index (κ2) is 5.27. The van der Waals surface area contributed by atoms with Gasteiger partial charge in [0.1, 0.15) is 5.75 Å². The van der Waals surface area contributed by atoms with Gasteiger partial charge >= 0.3 is 0 Å². The Kier molecular flexibility index (Phi) is 3.72. The summed E-state index contributed by atoms with van der Waals surface area (Å²) in [7, 11) is 0. The Balaban J connectivity index is 2.11. The van der Waals surface area contributed by atoms with E-state index in [0.29, 0.717) is 17.8 Å². The Morgan fingerprint density at radius 3 is 2.50 bits per heavy atom. The fraction of sp³-hybridized carbons (Fsp3) is 0.0769. The van der Waals surface area contributed by atoms with E-state index in [-0.39, 0.29) is 11.5 Å². The van der Waals surface area contributed by atoms with Crippen LogP contribution in [0.3, 0.4) is 0 Å². The van der Waals surface area contributed by atoms with Crippen molar-refractivity contribution in [3.05, 3.63) is 52.3 Å². The zero-order chi connectivity index (χ0) is 13.1. The Morgan fingerprint density at radius 2 is 1.78 bits per heavy atom. The molecule has 0 saturated heterocycles. The van der Waals surface area contributed by atoms with Crippen LogP contribution in [0.15, 0.2) is 40.9 Å². The third-order valence-electron chi connectivity index (χ3n) is 2.47. The monoisotopic (exact) mass is 311 g/mol. The van der Waals surface area contributed by atoms with E-state index in [1.54, 1.807) is 24.3 Å². The van der Waals surface area contributed by atoms with Crippen molar-refractivity contribution in [2.75, 3.05) is 5.32 Å². The molecule has 5 heteroatoms. The molecule has 0 saturated carbocycles. The second-order valence-electron chi connectivity index (χ2n) is 3.79. The van der Waals surface area contributed by atoms with Crippen LogP contribution in [-0.2, 0) is 6.54 Å². The number of benzene rings is 2. The molecular formula is C13H11BrFNO2. The number of phenolic OH excluding ortho intramolecular Hbond substituents is 2. The van der Waals surface area contributed by atoms with Crippen LogP contribution in [0.2, 0.25) is 0 Å². The quantitative estimate of drug-likeness (QED) is 0.759. The Labute approximate surface area is 112 Å². The van der Waals surface area contributed by atoms with E-state index in [4.69, 9.17) is 5.11 Å². The summed E-state index contributed by atoms with van der Waals surface area (Å²) in [5, 5.41) is 21.7. The van der Waals surface area contributed by atoms with Gasteiger partial charge in [-0.05, 0) is 30.3 Å². The fourth-order valence-electron chi connectivity index (χ4n) is 1.51. The van der Waals surface area contributed by atoms with Gasteiger partial charge in [0.2, 0.25) is 0 Å². The lowest BCUT2D eigenvalue weighted by Gasteiger charge is -2.09. The first-order chi connectivity index (χ1) is 8.56. The number of nitrogens with one attached hydrogen (secondary N) is 1. The molecule has 0 atom stereocenters. The van der Waals surface area contributed by atoms with Crippen molar-refractivity contribution in [2.24, 2.45) is 0 Å². The predicted molar refractivity (Wildman–Crippen MR) is 71.2 cm³/mol. The van der Waals surface area contributed by atoms with Gasteiger partial charge in [0.05, 0.1) is 0 Å². The summed E-state index contributed by atoms with van der Waals surface area (Å²) in [6, 6.07) is 9.13. The Bertz CT molecular complexity index is 575. The average molecular weight is 312 g/mol. The predicted octanol–water partition coefficient (Wildman–Crippen LogP) is 3.61. The third kappa shape index (κ3) is 2.92. The van der Waals surface area contributed by atoms with Gasteiger partial charge in [-0.2, -0.15) is 0 Å². The molecule has 0 heterocycles. The van der Waals surface area contributed by atoms with Crippen LogP contribution in [0, 0.1) is 5.82 Å². The highest BCUT2D eigenvalue weighted by Crippen LogP contribution is 2.24. The van der Waals surface area contributed by atoms with Gasteiger partial charge in [-0.15, -0.1) is 0 Å². The highest BCUT2D eigenvalue weighted by molar-refractivity contribution is 9.10. The molecule has 2 aromatic carbocycles. The molecule has 3 N–H and O–H groups in total. The zero-order valence-corrected chi connectivity index (χ0v) is 10.9. The average Bonchev–Trinajstić information content (AvgIpc) is 2.34. The molecule has 0 aromatic heterocycles. The molecule has 18 heavy (non-hydrogen) atoms. The molecule has 0 fully saturated rings. The molecule has 0 aliphatic rings. The van der Waals surface area contributed by atoms with E-state index in [1.807, 2.05) is 0 Å². The summed E-state index contributed by atoms with van der Waals surface area (Å²) in [6.45, 7) is 0.357. The van der Waals surface area contributed by atoms with Crippen molar-refractivity contribution in [1.29, 1.82) is 0 Å². The maximum Gasteiger partial charge on any atom is 0.166 e. The van der Waals surface area contributed by atoms with Gasteiger partial charge in [0, 0.05) is 28.3 Å². The van der Waals surface area contributed by atoms with Crippen LogP contribution in [0.25, 0.3) is 0 Å². The summed E-state index contributed by atoms with van der Waals surface area (Å²) >= 11 is 3.31. The fourth-order valence-corrected chi connectivity index (χ4v) is 1.92. The summed E-state index contributed by atoms with van der Waals surface area (Å²) in [6.07, 6.45) is 0. The highest BCUT2D eigenvalue weighted by atomic mass is 79.9. The molecule has 0 bridgehead atoms. The minimum atomic E-state index is -0.682. The lowest BCUT2D eigenvalue weighted by atomic mass is 10.2. The van der Waals surface area contributed by atoms with Crippen molar-refractivity contribution >= 4 is 21.6 Å². The molecule has 94 valence electrons. The first-order valence-electron chi connectivity index (χ1n) is 5.26. The van der Waals surface area contributed by atoms with E-state index >= 15 is 0 Å². The molecular weight excluding hydrogens is 301 g/mol. The maximum atomic E-state index is 13.1. The Morgan fingerprint density at radius 1 is 1.06 bits per heavy atom. The smallest absolute Gasteiger partial charge is 0.166 e. The molecule has 3 nitrogen and oxygen atoms in total. The normalized spacial score (nSPS) is 10.3. The van der Waals surface area contributed by atoms with E-state index in [9.17, 15) is 9.50 Å². The van der Waals surface area contributed by atoms with Gasteiger partial charge in [0.25, 0.3) is 0 Å². The first kappa shape index (κ1) is 12.7.